The minimum atomic E-state index is -3.51. The van der Waals surface area contributed by atoms with E-state index in [0.717, 1.165) is 12.8 Å². The lowest BCUT2D eigenvalue weighted by Crippen LogP contribution is -2.25. The number of carbonyl (C=O) groups is 1. The molecule has 1 aliphatic carbocycles. The fraction of sp³-hybridized carbons (Fsp3) is 0.364. The molecule has 1 saturated carbocycles. The Labute approximate surface area is 106 Å². The lowest BCUT2D eigenvalue weighted by atomic mass is 10.2. The largest absolute Gasteiger partial charge is 0.397 e. The molecule has 0 bridgehead atoms. The lowest BCUT2D eigenvalue weighted by molar-refractivity contribution is -0.114. The zero-order valence-corrected chi connectivity index (χ0v) is 10.8. The molecule has 1 aliphatic rings. The van der Waals surface area contributed by atoms with Crippen LogP contribution in [-0.2, 0) is 14.8 Å². The molecular formula is C11H15N3O3S. The number of sulfonamides is 1. The van der Waals surface area contributed by atoms with Crippen molar-refractivity contribution in [1.82, 2.24) is 4.72 Å². The summed E-state index contributed by atoms with van der Waals surface area (Å²) in [5.41, 5.74) is 6.34. The van der Waals surface area contributed by atoms with Crippen LogP contribution in [0.3, 0.4) is 0 Å². The molecule has 98 valence electrons. The van der Waals surface area contributed by atoms with Crippen LogP contribution in [0.15, 0.2) is 23.1 Å². The van der Waals surface area contributed by atoms with Crippen LogP contribution in [0.5, 0.6) is 0 Å². The van der Waals surface area contributed by atoms with Crippen molar-refractivity contribution < 1.29 is 13.2 Å². The van der Waals surface area contributed by atoms with E-state index < -0.39 is 10.0 Å². The maximum Gasteiger partial charge on any atom is 0.240 e. The van der Waals surface area contributed by atoms with E-state index in [-0.39, 0.29) is 22.5 Å². The van der Waals surface area contributed by atoms with Gasteiger partial charge in [0.15, 0.2) is 0 Å². The average molecular weight is 269 g/mol. The lowest BCUT2D eigenvalue weighted by Gasteiger charge is -2.09. The van der Waals surface area contributed by atoms with Crippen molar-refractivity contribution in [2.75, 3.05) is 11.1 Å². The topological polar surface area (TPSA) is 101 Å². The number of nitrogen functional groups attached to an aromatic ring is 1. The molecule has 0 saturated heterocycles. The van der Waals surface area contributed by atoms with Crippen molar-refractivity contribution in [3.8, 4) is 0 Å². The fourth-order valence-electron chi connectivity index (χ4n) is 1.50. The third-order valence-corrected chi connectivity index (χ3v) is 4.06. The number of nitrogens with one attached hydrogen (secondary N) is 2. The van der Waals surface area contributed by atoms with Crippen molar-refractivity contribution in [3.63, 3.8) is 0 Å². The van der Waals surface area contributed by atoms with Gasteiger partial charge in [0.25, 0.3) is 0 Å². The van der Waals surface area contributed by atoms with Crippen LogP contribution < -0.4 is 15.8 Å². The molecule has 0 spiro atoms. The highest BCUT2D eigenvalue weighted by molar-refractivity contribution is 7.89. The van der Waals surface area contributed by atoms with Crippen molar-refractivity contribution in [2.45, 2.75) is 30.7 Å². The van der Waals surface area contributed by atoms with Crippen molar-refractivity contribution >= 4 is 27.3 Å². The van der Waals surface area contributed by atoms with Gasteiger partial charge in [0.05, 0.1) is 16.3 Å². The SMILES string of the molecule is CC(=O)Nc1ccc(S(=O)(=O)NC2CC2)cc1N. The molecule has 0 atom stereocenters. The number of amides is 1. The summed E-state index contributed by atoms with van der Waals surface area (Å²) in [5, 5.41) is 2.53. The van der Waals surface area contributed by atoms with Gasteiger partial charge in [0, 0.05) is 13.0 Å². The number of rotatable bonds is 4. The van der Waals surface area contributed by atoms with Gasteiger partial charge >= 0.3 is 0 Å². The number of anilines is 2. The maximum atomic E-state index is 11.9. The van der Waals surface area contributed by atoms with E-state index in [4.69, 9.17) is 5.73 Å². The third-order valence-electron chi connectivity index (χ3n) is 2.54. The molecule has 0 aromatic heterocycles. The van der Waals surface area contributed by atoms with E-state index in [0.29, 0.717) is 5.69 Å². The van der Waals surface area contributed by atoms with Gasteiger partial charge in [0.1, 0.15) is 0 Å². The van der Waals surface area contributed by atoms with Crippen LogP contribution in [0.25, 0.3) is 0 Å². The minimum absolute atomic E-state index is 0.0474. The van der Waals surface area contributed by atoms with E-state index in [9.17, 15) is 13.2 Å². The zero-order valence-electron chi connectivity index (χ0n) is 9.93. The van der Waals surface area contributed by atoms with Gasteiger partial charge in [-0.05, 0) is 31.0 Å². The molecular weight excluding hydrogens is 254 g/mol. The van der Waals surface area contributed by atoms with E-state index in [1.807, 2.05) is 0 Å². The number of benzene rings is 1. The van der Waals surface area contributed by atoms with Crippen LogP contribution in [0.1, 0.15) is 19.8 Å². The van der Waals surface area contributed by atoms with E-state index >= 15 is 0 Å². The molecule has 18 heavy (non-hydrogen) atoms. The third kappa shape index (κ3) is 2.99. The Morgan fingerprint density at radius 1 is 1.39 bits per heavy atom. The van der Waals surface area contributed by atoms with Crippen LogP contribution >= 0.6 is 0 Å². The van der Waals surface area contributed by atoms with Gasteiger partial charge in [-0.1, -0.05) is 0 Å². The molecule has 1 aromatic carbocycles. The van der Waals surface area contributed by atoms with Gasteiger partial charge in [-0.25, -0.2) is 13.1 Å². The van der Waals surface area contributed by atoms with Gasteiger partial charge in [-0.2, -0.15) is 0 Å². The predicted molar refractivity (Wildman–Crippen MR) is 68.5 cm³/mol. The van der Waals surface area contributed by atoms with E-state index in [2.05, 4.69) is 10.0 Å². The number of nitrogens with two attached hydrogens (primary N) is 1. The highest BCUT2D eigenvalue weighted by Crippen LogP contribution is 2.25. The molecule has 1 fully saturated rings. The van der Waals surface area contributed by atoms with Crippen molar-refractivity contribution in [3.05, 3.63) is 18.2 Å². The van der Waals surface area contributed by atoms with Gasteiger partial charge < -0.3 is 11.1 Å². The second-order valence-corrected chi connectivity index (χ2v) is 6.04. The quantitative estimate of drug-likeness (QED) is 0.699. The molecule has 1 amide bonds. The number of carbonyl (C=O) groups excluding carboxylic acids is 1. The smallest absolute Gasteiger partial charge is 0.240 e. The Balaban J connectivity index is 2.24. The van der Waals surface area contributed by atoms with Gasteiger partial charge in [-0.3, -0.25) is 4.79 Å². The summed E-state index contributed by atoms with van der Waals surface area (Å²) >= 11 is 0. The van der Waals surface area contributed by atoms with E-state index in [1.54, 1.807) is 0 Å². The van der Waals surface area contributed by atoms with E-state index in [1.165, 1.54) is 25.1 Å². The normalized spacial score (nSPS) is 15.4. The highest BCUT2D eigenvalue weighted by atomic mass is 32.2. The molecule has 0 radical (unpaired) electrons. The molecule has 7 heteroatoms. The average Bonchev–Trinajstić information content (AvgIpc) is 3.03. The van der Waals surface area contributed by atoms with Crippen molar-refractivity contribution in [1.29, 1.82) is 0 Å². The Bertz CT molecular complexity index is 579. The van der Waals surface area contributed by atoms with Gasteiger partial charge in [-0.15, -0.1) is 0 Å². The Kier molecular flexibility index (Phi) is 3.27. The molecule has 1 aromatic rings. The second-order valence-electron chi connectivity index (χ2n) is 4.33. The summed E-state index contributed by atoms with van der Waals surface area (Å²) < 4.78 is 26.4. The first-order valence-electron chi connectivity index (χ1n) is 5.58. The summed E-state index contributed by atoms with van der Waals surface area (Å²) in [7, 11) is -3.51. The summed E-state index contributed by atoms with van der Waals surface area (Å²) in [4.78, 5) is 11.0. The minimum Gasteiger partial charge on any atom is -0.397 e. The first-order chi connectivity index (χ1) is 8.38. The summed E-state index contributed by atoms with van der Waals surface area (Å²) in [6, 6.07) is 4.30. The summed E-state index contributed by atoms with van der Waals surface area (Å²) in [5.74, 6) is -0.256. The van der Waals surface area contributed by atoms with Crippen LogP contribution in [0.4, 0.5) is 11.4 Å². The summed E-state index contributed by atoms with van der Waals surface area (Å²) in [6.45, 7) is 1.36. The molecule has 0 heterocycles. The molecule has 0 unspecified atom stereocenters. The fourth-order valence-corrected chi connectivity index (χ4v) is 2.84. The highest BCUT2D eigenvalue weighted by Gasteiger charge is 2.28. The van der Waals surface area contributed by atoms with Crippen LogP contribution in [0, 0.1) is 0 Å². The number of hydrogen-bond donors (Lipinski definition) is 3. The van der Waals surface area contributed by atoms with Crippen LogP contribution in [-0.4, -0.2) is 20.4 Å². The predicted octanol–water partition coefficient (Wildman–Crippen LogP) is 0.668. The van der Waals surface area contributed by atoms with Crippen molar-refractivity contribution in [2.24, 2.45) is 0 Å². The standard InChI is InChI=1S/C11H15N3O3S/c1-7(15)13-11-5-4-9(6-10(11)12)18(16,17)14-8-2-3-8/h4-6,8,14H,2-3,12H2,1H3,(H,13,15). The molecule has 4 N–H and O–H groups in total. The molecule has 2 rings (SSSR count). The summed E-state index contributed by atoms with van der Waals surface area (Å²) in [6.07, 6.45) is 1.75. The molecule has 0 aliphatic heterocycles. The molecule has 6 nitrogen and oxygen atoms in total. The first-order valence-corrected chi connectivity index (χ1v) is 7.06. The Morgan fingerprint density at radius 3 is 2.56 bits per heavy atom. The van der Waals surface area contributed by atoms with Gasteiger partial charge in [0.2, 0.25) is 15.9 Å². The monoisotopic (exact) mass is 269 g/mol. The second kappa shape index (κ2) is 4.58. The zero-order chi connectivity index (χ0) is 13.3. The Morgan fingerprint density at radius 2 is 2.06 bits per heavy atom. The Hall–Kier alpha value is -1.60. The number of hydrogen-bond acceptors (Lipinski definition) is 4. The first kappa shape index (κ1) is 12.8. The van der Waals surface area contributed by atoms with Crippen LogP contribution in [0.2, 0.25) is 0 Å². The maximum absolute atomic E-state index is 11.9.